The molecule has 2 heterocycles. The Kier molecular flexibility index (Phi) is 3.64. The zero-order valence-corrected chi connectivity index (χ0v) is 13.5. The van der Waals surface area contributed by atoms with E-state index >= 15 is 0 Å². The second kappa shape index (κ2) is 5.50. The summed E-state index contributed by atoms with van der Waals surface area (Å²) in [4.78, 5) is 12.2. The lowest BCUT2D eigenvalue weighted by Gasteiger charge is -2.27. The number of hydrogen-bond acceptors (Lipinski definition) is 5. The number of benzene rings is 1. The van der Waals surface area contributed by atoms with Crippen molar-refractivity contribution in [3.8, 4) is 28.6 Å². The molecule has 0 saturated carbocycles. The van der Waals surface area contributed by atoms with Crippen molar-refractivity contribution in [2.24, 2.45) is 0 Å². The summed E-state index contributed by atoms with van der Waals surface area (Å²) < 4.78 is 21.9. The molecular weight excluding hydrogens is 296 g/mol. The molecule has 0 saturated heterocycles. The Morgan fingerprint density at radius 1 is 1.09 bits per heavy atom. The molecule has 0 aliphatic carbocycles. The maximum atomic E-state index is 12.2. The number of methoxy groups -OCH3 is 2. The van der Waals surface area contributed by atoms with E-state index in [2.05, 4.69) is 0 Å². The molecule has 0 bridgehead atoms. The summed E-state index contributed by atoms with van der Waals surface area (Å²) in [5, 5.41) is 0. The summed E-state index contributed by atoms with van der Waals surface area (Å²) in [7, 11) is 3.13. The first-order valence-electron chi connectivity index (χ1n) is 7.22. The molecule has 1 aliphatic heterocycles. The maximum Gasteiger partial charge on any atom is 0.347 e. The van der Waals surface area contributed by atoms with Crippen molar-refractivity contribution in [1.29, 1.82) is 0 Å². The lowest BCUT2D eigenvalue weighted by atomic mass is 10.0. The van der Waals surface area contributed by atoms with E-state index in [1.54, 1.807) is 44.6 Å². The van der Waals surface area contributed by atoms with Crippen molar-refractivity contribution in [1.82, 2.24) is 0 Å². The minimum atomic E-state index is -0.470. The van der Waals surface area contributed by atoms with E-state index in [9.17, 15) is 4.79 Å². The summed E-state index contributed by atoms with van der Waals surface area (Å²) in [5.41, 5.74) is 0.161. The van der Waals surface area contributed by atoms with Gasteiger partial charge in [0, 0.05) is 12.1 Å². The van der Waals surface area contributed by atoms with Crippen LogP contribution in [0.5, 0.6) is 17.2 Å². The Morgan fingerprint density at radius 2 is 1.87 bits per heavy atom. The molecule has 0 radical (unpaired) electrons. The average molecular weight is 314 g/mol. The van der Waals surface area contributed by atoms with Crippen LogP contribution in [0.3, 0.4) is 0 Å². The average Bonchev–Trinajstić information content (AvgIpc) is 2.52. The maximum absolute atomic E-state index is 12.2. The summed E-state index contributed by atoms with van der Waals surface area (Å²) in [6.45, 7) is 3.85. The highest BCUT2D eigenvalue weighted by Gasteiger charge is 2.25. The molecule has 0 spiro atoms. The highest BCUT2D eigenvalue weighted by atomic mass is 16.5. The molecule has 23 heavy (non-hydrogen) atoms. The molecule has 1 aromatic carbocycles. The van der Waals surface area contributed by atoms with Gasteiger partial charge in [-0.25, -0.2) is 4.79 Å². The quantitative estimate of drug-likeness (QED) is 0.867. The summed E-state index contributed by atoms with van der Waals surface area (Å²) >= 11 is 0. The van der Waals surface area contributed by atoms with Gasteiger partial charge in [-0.15, -0.1) is 0 Å². The summed E-state index contributed by atoms with van der Waals surface area (Å²) in [6.07, 6.45) is 3.57. The van der Waals surface area contributed by atoms with Crippen LogP contribution in [0, 0.1) is 0 Å². The fourth-order valence-corrected chi connectivity index (χ4v) is 2.45. The van der Waals surface area contributed by atoms with Gasteiger partial charge in [-0.2, -0.15) is 0 Å². The van der Waals surface area contributed by atoms with Gasteiger partial charge in [-0.3, -0.25) is 0 Å². The SMILES string of the molecule is COc1ccc(-c2cc3c(c(=O)o2)C=CC(C)(C)O3)c(OC)c1. The van der Waals surface area contributed by atoms with Gasteiger partial charge >= 0.3 is 5.63 Å². The molecule has 0 fully saturated rings. The molecule has 1 aromatic heterocycles. The molecule has 5 heteroatoms. The van der Waals surface area contributed by atoms with Crippen molar-refractivity contribution in [2.75, 3.05) is 14.2 Å². The number of ether oxygens (including phenoxy) is 3. The van der Waals surface area contributed by atoms with E-state index in [1.165, 1.54) is 0 Å². The van der Waals surface area contributed by atoms with E-state index in [1.807, 2.05) is 19.9 Å². The molecular formula is C18H18O5. The summed E-state index contributed by atoms with van der Waals surface area (Å²) in [5.74, 6) is 2.10. The minimum Gasteiger partial charge on any atom is -0.497 e. The topological polar surface area (TPSA) is 57.9 Å². The highest BCUT2D eigenvalue weighted by Crippen LogP contribution is 2.37. The van der Waals surface area contributed by atoms with Gasteiger partial charge < -0.3 is 18.6 Å². The normalized spacial score (nSPS) is 14.8. The van der Waals surface area contributed by atoms with Crippen LogP contribution < -0.4 is 19.8 Å². The number of hydrogen-bond donors (Lipinski definition) is 0. The second-order valence-electron chi connectivity index (χ2n) is 5.78. The highest BCUT2D eigenvalue weighted by molar-refractivity contribution is 5.70. The third-order valence-corrected chi connectivity index (χ3v) is 3.65. The first-order chi connectivity index (χ1) is 10.9. The Morgan fingerprint density at radius 3 is 2.57 bits per heavy atom. The first kappa shape index (κ1) is 15.2. The predicted octanol–water partition coefficient (Wildman–Crippen LogP) is 3.51. The Balaban J connectivity index is 2.14. The monoisotopic (exact) mass is 314 g/mol. The third-order valence-electron chi connectivity index (χ3n) is 3.65. The molecule has 0 amide bonds. The standard InChI is InChI=1S/C18H18O5/c1-18(2)8-7-13-16(23-18)10-15(22-17(13)19)12-6-5-11(20-3)9-14(12)21-4/h5-10H,1-4H3. The van der Waals surface area contributed by atoms with Crippen LogP contribution in [0.15, 0.2) is 39.6 Å². The van der Waals surface area contributed by atoms with Crippen LogP contribution in [-0.4, -0.2) is 19.8 Å². The Bertz CT molecular complexity index is 830. The molecule has 5 nitrogen and oxygen atoms in total. The van der Waals surface area contributed by atoms with Crippen LogP contribution in [0.1, 0.15) is 19.4 Å². The van der Waals surface area contributed by atoms with Crippen molar-refractivity contribution in [2.45, 2.75) is 19.4 Å². The van der Waals surface area contributed by atoms with Gasteiger partial charge in [0.15, 0.2) is 0 Å². The van der Waals surface area contributed by atoms with E-state index in [0.29, 0.717) is 34.1 Å². The lowest BCUT2D eigenvalue weighted by molar-refractivity contribution is 0.157. The van der Waals surface area contributed by atoms with E-state index in [4.69, 9.17) is 18.6 Å². The number of fused-ring (bicyclic) bond motifs is 1. The smallest absolute Gasteiger partial charge is 0.347 e. The molecule has 0 unspecified atom stereocenters. The van der Waals surface area contributed by atoms with Crippen molar-refractivity contribution in [3.05, 3.63) is 46.3 Å². The molecule has 0 atom stereocenters. The minimum absolute atomic E-state index is 0.388. The molecule has 3 rings (SSSR count). The molecule has 0 N–H and O–H groups in total. The van der Waals surface area contributed by atoms with Crippen LogP contribution in [0.25, 0.3) is 17.4 Å². The van der Waals surface area contributed by atoms with Gasteiger partial charge in [0.2, 0.25) is 0 Å². The van der Waals surface area contributed by atoms with Crippen molar-refractivity contribution in [3.63, 3.8) is 0 Å². The van der Waals surface area contributed by atoms with Gasteiger partial charge in [-0.05, 0) is 38.1 Å². The Labute approximate surface area is 134 Å². The first-order valence-corrected chi connectivity index (χ1v) is 7.22. The summed E-state index contributed by atoms with van der Waals surface area (Å²) in [6, 6.07) is 7.01. The fourth-order valence-electron chi connectivity index (χ4n) is 2.45. The lowest BCUT2D eigenvalue weighted by Crippen LogP contribution is -2.29. The molecule has 2 aromatic rings. The van der Waals surface area contributed by atoms with Gasteiger partial charge in [0.25, 0.3) is 0 Å². The van der Waals surface area contributed by atoms with Gasteiger partial charge in [0.05, 0.1) is 19.8 Å². The molecule has 120 valence electrons. The van der Waals surface area contributed by atoms with Crippen molar-refractivity contribution >= 4 is 6.08 Å². The van der Waals surface area contributed by atoms with E-state index in [-0.39, 0.29) is 0 Å². The van der Waals surface area contributed by atoms with E-state index < -0.39 is 11.2 Å². The third kappa shape index (κ3) is 2.82. The van der Waals surface area contributed by atoms with Crippen LogP contribution in [0.2, 0.25) is 0 Å². The second-order valence-corrected chi connectivity index (χ2v) is 5.78. The largest absolute Gasteiger partial charge is 0.497 e. The Hall–Kier alpha value is -2.69. The number of rotatable bonds is 3. The van der Waals surface area contributed by atoms with Gasteiger partial charge in [-0.1, -0.05) is 0 Å². The predicted molar refractivity (Wildman–Crippen MR) is 87.3 cm³/mol. The zero-order valence-electron chi connectivity index (χ0n) is 13.5. The fraction of sp³-hybridized carbons (Fsp3) is 0.278. The van der Waals surface area contributed by atoms with Crippen LogP contribution in [0.4, 0.5) is 0 Å². The zero-order chi connectivity index (χ0) is 16.6. The molecule has 1 aliphatic rings. The van der Waals surface area contributed by atoms with E-state index in [0.717, 1.165) is 0 Å². The van der Waals surface area contributed by atoms with Crippen molar-refractivity contribution < 1.29 is 18.6 Å². The van der Waals surface area contributed by atoms with Crippen LogP contribution in [-0.2, 0) is 0 Å². The van der Waals surface area contributed by atoms with Gasteiger partial charge in [0.1, 0.15) is 34.2 Å². The van der Waals surface area contributed by atoms with Crippen LogP contribution >= 0.6 is 0 Å².